The normalized spacial score (nSPS) is 45.7. The number of rotatable bonds is 3. The standard InChI is InChI=1S/C23H30O6/c1-13(24)29-12-19(27)23(28)9-7-17-16-5-4-14-10-15(25)6-8-21(14,2)20(16)18(26)11-22(17,23)3/h6,8,10,16-18,20,26,28H,4-5,7,9,11-12H2,1-3H3/t16?,17?,18?,20?,21?,22-,23-/m0/s1. The van der Waals surface area contributed by atoms with Gasteiger partial charge in [-0.3, -0.25) is 14.4 Å². The van der Waals surface area contributed by atoms with Crippen LogP contribution in [0, 0.1) is 28.6 Å². The second-order valence-corrected chi connectivity index (χ2v) is 9.81. The molecule has 0 radical (unpaired) electrons. The molecule has 0 aromatic carbocycles. The van der Waals surface area contributed by atoms with Gasteiger partial charge in [0, 0.05) is 23.7 Å². The van der Waals surface area contributed by atoms with Crippen molar-refractivity contribution in [2.24, 2.45) is 28.6 Å². The zero-order valence-electron chi connectivity index (χ0n) is 17.3. The molecule has 0 heterocycles. The molecule has 29 heavy (non-hydrogen) atoms. The molecule has 0 amide bonds. The van der Waals surface area contributed by atoms with Crippen LogP contribution < -0.4 is 0 Å². The Labute approximate surface area is 171 Å². The maximum atomic E-state index is 12.9. The number of ether oxygens (including phenoxy) is 1. The van der Waals surface area contributed by atoms with Gasteiger partial charge in [-0.15, -0.1) is 0 Å². The third-order valence-corrected chi connectivity index (χ3v) is 8.52. The van der Waals surface area contributed by atoms with Gasteiger partial charge in [-0.05, 0) is 56.1 Å². The summed E-state index contributed by atoms with van der Waals surface area (Å²) in [6.45, 7) is 4.80. The fourth-order valence-electron chi connectivity index (χ4n) is 7.08. The minimum absolute atomic E-state index is 0.00243. The Morgan fingerprint density at radius 1 is 1.28 bits per heavy atom. The molecular formula is C23H30O6. The lowest BCUT2D eigenvalue weighted by atomic mass is 9.46. The largest absolute Gasteiger partial charge is 0.458 e. The van der Waals surface area contributed by atoms with Gasteiger partial charge in [-0.1, -0.05) is 25.5 Å². The van der Waals surface area contributed by atoms with Crippen LogP contribution >= 0.6 is 0 Å². The zero-order valence-corrected chi connectivity index (χ0v) is 17.3. The third-order valence-electron chi connectivity index (χ3n) is 8.52. The molecule has 0 aromatic heterocycles. The van der Waals surface area contributed by atoms with Gasteiger partial charge in [0.05, 0.1) is 6.10 Å². The Morgan fingerprint density at radius 3 is 2.69 bits per heavy atom. The molecule has 2 N–H and O–H groups in total. The number of allylic oxidation sites excluding steroid dienone is 4. The highest BCUT2D eigenvalue weighted by atomic mass is 16.5. The van der Waals surface area contributed by atoms with E-state index >= 15 is 0 Å². The Balaban J connectivity index is 1.66. The van der Waals surface area contributed by atoms with E-state index in [1.54, 1.807) is 12.2 Å². The van der Waals surface area contributed by atoms with Gasteiger partial charge in [0.15, 0.2) is 12.4 Å². The predicted octanol–water partition coefficient (Wildman–Crippen LogP) is 2.13. The molecule has 0 saturated heterocycles. The van der Waals surface area contributed by atoms with Gasteiger partial charge >= 0.3 is 5.97 Å². The van der Waals surface area contributed by atoms with Crippen molar-refractivity contribution in [1.29, 1.82) is 0 Å². The Hall–Kier alpha value is -1.79. The SMILES string of the molecule is CC(=O)OCC(=O)[C@@]1(O)CCC2C3CCC4=CC(=O)C=CC4(C)C3C(O)C[C@@]21C. The second kappa shape index (κ2) is 6.61. The summed E-state index contributed by atoms with van der Waals surface area (Å²) in [7, 11) is 0. The number of fused-ring (bicyclic) bond motifs is 5. The highest BCUT2D eigenvalue weighted by Crippen LogP contribution is 2.67. The molecule has 4 aliphatic carbocycles. The Morgan fingerprint density at radius 2 is 2.00 bits per heavy atom. The summed E-state index contributed by atoms with van der Waals surface area (Å²) >= 11 is 0. The summed E-state index contributed by atoms with van der Waals surface area (Å²) in [6.07, 6.45) is 7.50. The van der Waals surface area contributed by atoms with E-state index in [0.29, 0.717) is 19.3 Å². The van der Waals surface area contributed by atoms with E-state index in [4.69, 9.17) is 4.74 Å². The first-order chi connectivity index (χ1) is 13.5. The van der Waals surface area contributed by atoms with Gasteiger partial charge in [0.1, 0.15) is 5.60 Å². The van der Waals surface area contributed by atoms with E-state index in [2.05, 4.69) is 6.92 Å². The van der Waals surface area contributed by atoms with E-state index in [1.165, 1.54) is 6.92 Å². The van der Waals surface area contributed by atoms with E-state index in [1.807, 2.05) is 13.0 Å². The van der Waals surface area contributed by atoms with Crippen LogP contribution in [0.1, 0.15) is 52.9 Å². The minimum atomic E-state index is -1.60. The summed E-state index contributed by atoms with van der Waals surface area (Å²) in [5.74, 6) is -0.836. The minimum Gasteiger partial charge on any atom is -0.458 e. The second-order valence-electron chi connectivity index (χ2n) is 9.81. The van der Waals surface area contributed by atoms with Crippen molar-refractivity contribution < 1.29 is 29.3 Å². The van der Waals surface area contributed by atoms with Crippen molar-refractivity contribution in [1.82, 2.24) is 0 Å². The first kappa shape index (κ1) is 20.5. The maximum Gasteiger partial charge on any atom is 0.303 e. The fourth-order valence-corrected chi connectivity index (χ4v) is 7.08. The molecule has 5 unspecified atom stereocenters. The number of aliphatic hydroxyl groups excluding tert-OH is 1. The molecule has 0 aliphatic heterocycles. The molecule has 4 aliphatic rings. The van der Waals surface area contributed by atoms with Gasteiger partial charge in [0.25, 0.3) is 0 Å². The van der Waals surface area contributed by atoms with Crippen LogP contribution in [0.5, 0.6) is 0 Å². The van der Waals surface area contributed by atoms with Crippen LogP contribution in [-0.4, -0.2) is 46.1 Å². The molecule has 158 valence electrons. The Bertz CT molecular complexity index is 827. The lowest BCUT2D eigenvalue weighted by Crippen LogP contribution is -2.61. The van der Waals surface area contributed by atoms with Crippen LogP contribution in [0.3, 0.4) is 0 Å². The smallest absolute Gasteiger partial charge is 0.303 e. The number of carbonyl (C=O) groups is 3. The topological polar surface area (TPSA) is 101 Å². The molecule has 0 aromatic rings. The van der Waals surface area contributed by atoms with Crippen molar-refractivity contribution >= 4 is 17.5 Å². The lowest BCUT2D eigenvalue weighted by Gasteiger charge is -2.59. The quantitative estimate of drug-likeness (QED) is 0.702. The van der Waals surface area contributed by atoms with Crippen molar-refractivity contribution in [3.63, 3.8) is 0 Å². The molecule has 3 saturated carbocycles. The van der Waals surface area contributed by atoms with Crippen LogP contribution in [0.25, 0.3) is 0 Å². The van der Waals surface area contributed by atoms with Crippen LogP contribution in [-0.2, 0) is 19.1 Å². The van der Waals surface area contributed by atoms with Crippen LogP contribution in [0.4, 0.5) is 0 Å². The number of hydrogen-bond acceptors (Lipinski definition) is 6. The molecule has 0 bridgehead atoms. The van der Waals surface area contributed by atoms with Gasteiger partial charge in [-0.25, -0.2) is 0 Å². The molecule has 7 atom stereocenters. The molecular weight excluding hydrogens is 372 g/mol. The molecule has 6 nitrogen and oxygen atoms in total. The van der Waals surface area contributed by atoms with Gasteiger partial charge < -0.3 is 14.9 Å². The van der Waals surface area contributed by atoms with E-state index in [9.17, 15) is 24.6 Å². The number of ketones is 2. The predicted molar refractivity (Wildman–Crippen MR) is 105 cm³/mol. The van der Waals surface area contributed by atoms with Gasteiger partial charge in [0.2, 0.25) is 5.78 Å². The van der Waals surface area contributed by atoms with Crippen molar-refractivity contribution in [2.75, 3.05) is 6.61 Å². The van der Waals surface area contributed by atoms with Gasteiger partial charge in [-0.2, -0.15) is 0 Å². The third kappa shape index (κ3) is 2.79. The number of Topliss-reactive ketones (excluding diaryl/α,β-unsaturated/α-hetero) is 1. The number of hydrogen-bond donors (Lipinski definition) is 2. The van der Waals surface area contributed by atoms with Crippen LogP contribution in [0.2, 0.25) is 0 Å². The summed E-state index contributed by atoms with van der Waals surface area (Å²) in [5.41, 5.74) is -1.67. The first-order valence-corrected chi connectivity index (χ1v) is 10.5. The number of aliphatic hydroxyl groups is 2. The summed E-state index contributed by atoms with van der Waals surface area (Å²) < 4.78 is 4.88. The van der Waals surface area contributed by atoms with Crippen molar-refractivity contribution in [2.45, 2.75) is 64.6 Å². The highest BCUT2D eigenvalue weighted by molar-refractivity contribution is 6.01. The molecule has 3 fully saturated rings. The summed E-state index contributed by atoms with van der Waals surface area (Å²) in [5, 5.41) is 22.7. The van der Waals surface area contributed by atoms with Crippen LogP contribution in [0.15, 0.2) is 23.8 Å². The van der Waals surface area contributed by atoms with E-state index < -0.39 is 35.5 Å². The van der Waals surface area contributed by atoms with E-state index in [0.717, 1.165) is 18.4 Å². The molecule has 4 rings (SSSR count). The Kier molecular flexibility index (Phi) is 4.67. The van der Waals surface area contributed by atoms with E-state index in [-0.39, 0.29) is 29.0 Å². The lowest BCUT2D eigenvalue weighted by molar-refractivity contribution is -0.181. The average molecular weight is 402 g/mol. The fraction of sp³-hybridized carbons (Fsp3) is 0.696. The summed E-state index contributed by atoms with van der Waals surface area (Å²) in [4.78, 5) is 35.9. The van der Waals surface area contributed by atoms with Crippen molar-refractivity contribution in [3.05, 3.63) is 23.8 Å². The number of esters is 1. The highest BCUT2D eigenvalue weighted by Gasteiger charge is 2.68. The number of carbonyl (C=O) groups excluding carboxylic acids is 3. The summed E-state index contributed by atoms with van der Waals surface area (Å²) in [6, 6.07) is 0. The maximum absolute atomic E-state index is 12.9. The average Bonchev–Trinajstić information content (AvgIpc) is 2.91. The van der Waals surface area contributed by atoms with Crippen molar-refractivity contribution in [3.8, 4) is 0 Å². The first-order valence-electron chi connectivity index (χ1n) is 10.5. The monoisotopic (exact) mass is 402 g/mol. The molecule has 6 heteroatoms. The zero-order chi connectivity index (χ0) is 21.2. The molecule has 0 spiro atoms.